The van der Waals surface area contributed by atoms with Gasteiger partial charge in [-0.25, -0.2) is 9.18 Å². The summed E-state index contributed by atoms with van der Waals surface area (Å²) in [4.78, 5) is 13.2. The average molecular weight is 279 g/mol. The number of hydrogen-bond acceptors (Lipinski definition) is 3. The maximum Gasteiger partial charge on any atom is 0.331 e. The zero-order valence-electron chi connectivity index (χ0n) is 10.4. The van der Waals surface area contributed by atoms with E-state index < -0.39 is 12.0 Å². The zero-order valence-corrected chi connectivity index (χ0v) is 11.2. The van der Waals surface area contributed by atoms with E-state index in [4.69, 9.17) is 0 Å². The summed E-state index contributed by atoms with van der Waals surface area (Å²) in [7, 11) is 0. The highest BCUT2D eigenvalue weighted by molar-refractivity contribution is 7.12. The van der Waals surface area contributed by atoms with E-state index in [0.717, 1.165) is 16.2 Å². The number of halogens is 1. The van der Waals surface area contributed by atoms with E-state index in [2.05, 4.69) is 5.32 Å². The van der Waals surface area contributed by atoms with Crippen LogP contribution in [0.2, 0.25) is 0 Å². The lowest BCUT2D eigenvalue weighted by atomic mass is 10.2. The van der Waals surface area contributed by atoms with Crippen molar-refractivity contribution in [2.45, 2.75) is 19.4 Å². The lowest BCUT2D eigenvalue weighted by Crippen LogP contribution is -2.19. The number of benzene rings is 1. The average Bonchev–Trinajstić information content (AvgIpc) is 2.86. The summed E-state index contributed by atoms with van der Waals surface area (Å²) in [5.41, 5.74) is 0.584. The number of carboxylic acids is 1. The third-order valence-electron chi connectivity index (χ3n) is 2.72. The van der Waals surface area contributed by atoms with Gasteiger partial charge in [0.05, 0.1) is 0 Å². The number of carbonyl (C=O) groups is 1. The van der Waals surface area contributed by atoms with Crippen molar-refractivity contribution in [2.75, 3.05) is 5.32 Å². The van der Waals surface area contributed by atoms with Crippen LogP contribution in [0.15, 0.2) is 36.4 Å². The number of carboxylic acid groups (broad SMARTS) is 1. The van der Waals surface area contributed by atoms with Crippen LogP contribution in [0.1, 0.15) is 22.7 Å². The Morgan fingerprint density at radius 3 is 2.53 bits per heavy atom. The third-order valence-corrected chi connectivity index (χ3v) is 4.01. The molecule has 0 fully saturated rings. The quantitative estimate of drug-likeness (QED) is 0.877. The van der Waals surface area contributed by atoms with Crippen LogP contribution < -0.4 is 5.32 Å². The van der Waals surface area contributed by atoms with E-state index in [9.17, 15) is 14.3 Å². The summed E-state index contributed by atoms with van der Waals surface area (Å²) in [6.45, 7) is 2.03. The molecule has 0 aliphatic heterocycles. The highest BCUT2D eigenvalue weighted by atomic mass is 32.1. The van der Waals surface area contributed by atoms with Gasteiger partial charge in [-0.3, -0.25) is 0 Å². The Morgan fingerprint density at radius 2 is 2.00 bits per heavy atom. The largest absolute Gasteiger partial charge is 0.479 e. The van der Waals surface area contributed by atoms with Crippen molar-refractivity contribution in [3.63, 3.8) is 0 Å². The van der Waals surface area contributed by atoms with Gasteiger partial charge in [0.15, 0.2) is 6.04 Å². The van der Waals surface area contributed by atoms with Gasteiger partial charge in [-0.15, -0.1) is 11.3 Å². The van der Waals surface area contributed by atoms with Gasteiger partial charge in [-0.2, -0.15) is 0 Å². The molecule has 1 unspecified atom stereocenters. The monoisotopic (exact) mass is 279 g/mol. The molecule has 0 aliphatic carbocycles. The highest BCUT2D eigenvalue weighted by Crippen LogP contribution is 2.27. The van der Waals surface area contributed by atoms with E-state index in [1.165, 1.54) is 35.6 Å². The second-order valence-corrected chi connectivity index (χ2v) is 5.28. The molecule has 2 rings (SSSR count). The maximum atomic E-state index is 12.8. The Kier molecular flexibility index (Phi) is 4.16. The normalized spacial score (nSPS) is 12.1. The Bertz CT molecular complexity index is 565. The molecule has 0 radical (unpaired) electrons. The Hall–Kier alpha value is -1.88. The van der Waals surface area contributed by atoms with Gasteiger partial charge in [0.2, 0.25) is 0 Å². The van der Waals surface area contributed by atoms with E-state index in [0.29, 0.717) is 5.69 Å². The van der Waals surface area contributed by atoms with Gasteiger partial charge in [-0.05, 0) is 42.8 Å². The van der Waals surface area contributed by atoms with Gasteiger partial charge < -0.3 is 10.4 Å². The summed E-state index contributed by atoms with van der Waals surface area (Å²) >= 11 is 1.47. The van der Waals surface area contributed by atoms with E-state index in [1.807, 2.05) is 19.1 Å². The summed E-state index contributed by atoms with van der Waals surface area (Å²) in [5, 5.41) is 12.2. The van der Waals surface area contributed by atoms with Crippen molar-refractivity contribution >= 4 is 23.0 Å². The van der Waals surface area contributed by atoms with Crippen molar-refractivity contribution < 1.29 is 14.3 Å². The van der Waals surface area contributed by atoms with Crippen LogP contribution in [0.3, 0.4) is 0 Å². The molecule has 0 spiro atoms. The van der Waals surface area contributed by atoms with Crippen LogP contribution in [0, 0.1) is 5.82 Å². The number of rotatable bonds is 5. The molecule has 2 aromatic rings. The molecule has 1 atom stereocenters. The minimum absolute atomic E-state index is 0.346. The van der Waals surface area contributed by atoms with Gasteiger partial charge >= 0.3 is 5.97 Å². The molecule has 3 nitrogen and oxygen atoms in total. The lowest BCUT2D eigenvalue weighted by molar-refractivity contribution is -0.138. The Balaban J connectivity index is 2.21. The fourth-order valence-electron chi connectivity index (χ4n) is 1.71. The molecule has 0 amide bonds. The minimum atomic E-state index is -0.950. The second-order valence-electron chi connectivity index (χ2n) is 4.08. The van der Waals surface area contributed by atoms with E-state index >= 15 is 0 Å². The topological polar surface area (TPSA) is 49.3 Å². The first kappa shape index (κ1) is 13.5. The number of aliphatic carboxylic acids is 1. The predicted octanol–water partition coefficient (Wildman–Crippen LogP) is 3.69. The summed E-state index contributed by atoms with van der Waals surface area (Å²) < 4.78 is 12.8. The molecule has 0 bridgehead atoms. The van der Waals surface area contributed by atoms with Crippen molar-refractivity contribution in [3.05, 3.63) is 52.0 Å². The maximum absolute atomic E-state index is 12.8. The van der Waals surface area contributed by atoms with Crippen LogP contribution in [0.5, 0.6) is 0 Å². The second kappa shape index (κ2) is 5.84. The molecule has 2 N–H and O–H groups in total. The molecule has 0 saturated carbocycles. The molecule has 0 aliphatic rings. The molecule has 19 heavy (non-hydrogen) atoms. The minimum Gasteiger partial charge on any atom is -0.479 e. The predicted molar refractivity (Wildman–Crippen MR) is 74.1 cm³/mol. The molecular formula is C14H14FNO2S. The fourth-order valence-corrected chi connectivity index (χ4v) is 2.70. The summed E-state index contributed by atoms with van der Waals surface area (Å²) in [6, 6.07) is 8.59. The molecule has 1 aromatic heterocycles. The molecule has 5 heteroatoms. The lowest BCUT2D eigenvalue weighted by Gasteiger charge is -2.14. The van der Waals surface area contributed by atoms with E-state index in [1.54, 1.807) is 0 Å². The Labute approximate surface area is 114 Å². The van der Waals surface area contributed by atoms with Crippen LogP contribution in [0.25, 0.3) is 0 Å². The number of hydrogen-bond donors (Lipinski definition) is 2. The highest BCUT2D eigenvalue weighted by Gasteiger charge is 2.21. The zero-order chi connectivity index (χ0) is 13.8. The van der Waals surface area contributed by atoms with E-state index in [-0.39, 0.29) is 5.82 Å². The molecule has 1 aromatic carbocycles. The number of thiophene rings is 1. The molecule has 100 valence electrons. The van der Waals surface area contributed by atoms with Crippen LogP contribution >= 0.6 is 11.3 Å². The summed E-state index contributed by atoms with van der Waals surface area (Å²) in [6.07, 6.45) is 0.882. The first-order chi connectivity index (χ1) is 9.10. The first-order valence-corrected chi connectivity index (χ1v) is 6.75. The van der Waals surface area contributed by atoms with Gasteiger partial charge in [-0.1, -0.05) is 6.92 Å². The van der Waals surface area contributed by atoms with Crippen molar-refractivity contribution in [1.82, 2.24) is 0 Å². The standard InChI is InChI=1S/C14H14FNO2S/c1-2-11-7-8-12(19-11)13(14(17)18)16-10-5-3-9(15)4-6-10/h3-8,13,16H,2H2,1H3,(H,17,18). The number of anilines is 1. The fraction of sp³-hybridized carbons (Fsp3) is 0.214. The number of aryl methyl sites for hydroxylation is 1. The SMILES string of the molecule is CCc1ccc(C(Nc2ccc(F)cc2)C(=O)O)s1. The van der Waals surface area contributed by atoms with Crippen LogP contribution in [-0.4, -0.2) is 11.1 Å². The molecule has 0 saturated heterocycles. The summed E-state index contributed by atoms with van der Waals surface area (Å²) in [5.74, 6) is -1.30. The van der Waals surface area contributed by atoms with Crippen molar-refractivity contribution in [2.24, 2.45) is 0 Å². The van der Waals surface area contributed by atoms with Gasteiger partial charge in [0, 0.05) is 15.4 Å². The van der Waals surface area contributed by atoms with Crippen LogP contribution in [-0.2, 0) is 11.2 Å². The van der Waals surface area contributed by atoms with Gasteiger partial charge in [0.1, 0.15) is 5.82 Å². The smallest absolute Gasteiger partial charge is 0.331 e. The third kappa shape index (κ3) is 3.32. The van der Waals surface area contributed by atoms with Crippen LogP contribution in [0.4, 0.5) is 10.1 Å². The molecule has 1 heterocycles. The van der Waals surface area contributed by atoms with Gasteiger partial charge in [0.25, 0.3) is 0 Å². The first-order valence-electron chi connectivity index (χ1n) is 5.93. The molecular weight excluding hydrogens is 265 g/mol. The number of nitrogens with one attached hydrogen (secondary N) is 1. The van der Waals surface area contributed by atoms with Crippen molar-refractivity contribution in [3.8, 4) is 0 Å². The Morgan fingerprint density at radius 1 is 1.32 bits per heavy atom. The van der Waals surface area contributed by atoms with Crippen molar-refractivity contribution in [1.29, 1.82) is 0 Å².